The van der Waals surface area contributed by atoms with Crippen molar-refractivity contribution in [1.29, 1.82) is 0 Å². The van der Waals surface area contributed by atoms with Crippen LogP contribution in [-0.4, -0.2) is 43.5 Å². The van der Waals surface area contributed by atoms with Crippen LogP contribution in [-0.2, 0) is 11.3 Å². The Morgan fingerprint density at radius 3 is 2.65 bits per heavy atom. The van der Waals surface area contributed by atoms with Crippen molar-refractivity contribution in [2.45, 2.75) is 32.7 Å². The van der Waals surface area contributed by atoms with Crippen molar-refractivity contribution in [3.8, 4) is 11.5 Å². The van der Waals surface area contributed by atoms with E-state index < -0.39 is 0 Å². The van der Waals surface area contributed by atoms with Crippen LogP contribution in [0.25, 0.3) is 0 Å². The fourth-order valence-electron chi connectivity index (χ4n) is 3.64. The van der Waals surface area contributed by atoms with E-state index in [9.17, 15) is 14.0 Å². The molecule has 0 bridgehead atoms. The maximum Gasteiger partial charge on any atom is 0.253 e. The van der Waals surface area contributed by atoms with Crippen LogP contribution in [0, 0.1) is 11.7 Å². The minimum absolute atomic E-state index is 0.0816. The minimum Gasteiger partial charge on any atom is -0.493 e. The van der Waals surface area contributed by atoms with Gasteiger partial charge in [0.05, 0.1) is 19.6 Å². The van der Waals surface area contributed by atoms with E-state index in [1.54, 1.807) is 12.0 Å². The molecule has 0 radical (unpaired) electrons. The van der Waals surface area contributed by atoms with Crippen LogP contribution < -0.4 is 14.8 Å². The van der Waals surface area contributed by atoms with Crippen LogP contribution in [0.4, 0.5) is 4.39 Å². The second-order valence-electron chi connectivity index (χ2n) is 7.65. The summed E-state index contributed by atoms with van der Waals surface area (Å²) in [6.07, 6.45) is 2.39. The first kappa shape index (κ1) is 22.6. The minimum atomic E-state index is -0.381. The first-order chi connectivity index (χ1) is 15.0. The summed E-state index contributed by atoms with van der Waals surface area (Å²) in [5.41, 5.74) is 1.34. The highest BCUT2D eigenvalue weighted by Gasteiger charge is 2.28. The number of hydrogen-bond acceptors (Lipinski definition) is 4. The maximum absolute atomic E-state index is 13.1. The number of carbonyl (C=O) groups excluding carboxylic acids is 2. The molecule has 1 aliphatic heterocycles. The highest BCUT2D eigenvalue weighted by atomic mass is 19.1. The summed E-state index contributed by atoms with van der Waals surface area (Å²) in [6.45, 7) is 3.97. The predicted octanol–water partition coefficient (Wildman–Crippen LogP) is 3.79. The number of halogens is 1. The average molecular weight is 429 g/mol. The van der Waals surface area contributed by atoms with Crippen LogP contribution in [0.3, 0.4) is 0 Å². The van der Waals surface area contributed by atoms with Gasteiger partial charge in [-0.1, -0.05) is 13.0 Å². The number of nitrogens with one attached hydrogen (secondary N) is 1. The number of nitrogens with zero attached hydrogens (tertiary/aromatic N) is 1. The standard InChI is InChI=1S/C24H29FN2O4/c1-3-13-31-21-11-6-17(14-22(21)30-2)15-26-23(28)19-5-4-12-27(16-19)24(29)18-7-9-20(25)10-8-18/h6-11,14,19H,3-5,12-13,15-16H2,1-2H3,(H,26,28). The molecule has 1 atom stereocenters. The van der Waals surface area contributed by atoms with Crippen LogP contribution >= 0.6 is 0 Å². The average Bonchev–Trinajstić information content (AvgIpc) is 2.81. The Kier molecular flexibility index (Phi) is 7.87. The number of carbonyl (C=O) groups is 2. The van der Waals surface area contributed by atoms with E-state index in [2.05, 4.69) is 5.32 Å². The van der Waals surface area contributed by atoms with Gasteiger partial charge in [0.2, 0.25) is 5.91 Å². The molecule has 1 N–H and O–H groups in total. The van der Waals surface area contributed by atoms with Gasteiger partial charge in [-0.05, 0) is 61.2 Å². The third-order valence-electron chi connectivity index (χ3n) is 5.33. The van der Waals surface area contributed by atoms with Gasteiger partial charge in [-0.15, -0.1) is 0 Å². The Bertz CT molecular complexity index is 901. The largest absolute Gasteiger partial charge is 0.493 e. The van der Waals surface area contributed by atoms with Crippen LogP contribution in [0.1, 0.15) is 42.1 Å². The zero-order valence-electron chi connectivity index (χ0n) is 18.0. The lowest BCUT2D eigenvalue weighted by molar-refractivity contribution is -0.126. The Morgan fingerprint density at radius 2 is 1.94 bits per heavy atom. The zero-order chi connectivity index (χ0) is 22.2. The van der Waals surface area contributed by atoms with Crippen molar-refractivity contribution in [3.05, 3.63) is 59.4 Å². The smallest absolute Gasteiger partial charge is 0.253 e. The number of likely N-dealkylation sites (tertiary alicyclic amines) is 1. The van der Waals surface area contributed by atoms with Gasteiger partial charge < -0.3 is 19.7 Å². The number of ether oxygens (including phenoxy) is 2. The van der Waals surface area contributed by atoms with E-state index in [0.29, 0.717) is 43.3 Å². The molecule has 2 amide bonds. The molecule has 2 aromatic carbocycles. The van der Waals surface area contributed by atoms with Crippen molar-refractivity contribution in [3.63, 3.8) is 0 Å². The maximum atomic E-state index is 13.1. The molecular weight excluding hydrogens is 399 g/mol. The topological polar surface area (TPSA) is 67.9 Å². The summed E-state index contributed by atoms with van der Waals surface area (Å²) < 4.78 is 24.2. The summed E-state index contributed by atoms with van der Waals surface area (Å²) >= 11 is 0. The molecule has 0 spiro atoms. The van der Waals surface area contributed by atoms with E-state index in [0.717, 1.165) is 24.8 Å². The first-order valence-electron chi connectivity index (χ1n) is 10.6. The molecule has 1 saturated heterocycles. The number of hydrogen-bond donors (Lipinski definition) is 1. The first-order valence-corrected chi connectivity index (χ1v) is 10.6. The summed E-state index contributed by atoms with van der Waals surface area (Å²) in [5, 5.41) is 2.97. The Labute approximate surface area is 182 Å². The molecule has 0 saturated carbocycles. The van der Waals surface area contributed by atoms with Gasteiger partial charge >= 0.3 is 0 Å². The molecule has 7 heteroatoms. The second kappa shape index (κ2) is 10.8. The van der Waals surface area contributed by atoms with Crippen molar-refractivity contribution in [2.75, 3.05) is 26.8 Å². The number of amides is 2. The normalized spacial score (nSPS) is 16.0. The molecule has 31 heavy (non-hydrogen) atoms. The molecule has 1 aliphatic rings. The SMILES string of the molecule is CCCOc1ccc(CNC(=O)C2CCCN(C(=O)c3ccc(F)cc3)C2)cc1OC. The lowest BCUT2D eigenvalue weighted by Crippen LogP contribution is -2.45. The molecule has 0 aromatic heterocycles. The second-order valence-corrected chi connectivity index (χ2v) is 7.65. The Hall–Kier alpha value is -3.09. The van der Waals surface area contributed by atoms with Crippen LogP contribution in [0.5, 0.6) is 11.5 Å². The molecule has 1 heterocycles. The van der Waals surface area contributed by atoms with Gasteiger partial charge in [0, 0.05) is 25.2 Å². The molecule has 1 fully saturated rings. The summed E-state index contributed by atoms with van der Waals surface area (Å²) in [7, 11) is 1.59. The molecular formula is C24H29FN2O4. The number of piperidine rings is 1. The van der Waals surface area contributed by atoms with Gasteiger partial charge in [0.15, 0.2) is 11.5 Å². The van der Waals surface area contributed by atoms with Gasteiger partial charge in [-0.2, -0.15) is 0 Å². The summed E-state index contributed by atoms with van der Waals surface area (Å²) in [6, 6.07) is 11.1. The van der Waals surface area contributed by atoms with E-state index in [-0.39, 0.29) is 23.5 Å². The van der Waals surface area contributed by atoms with Crippen molar-refractivity contribution < 1.29 is 23.5 Å². The van der Waals surface area contributed by atoms with Gasteiger partial charge in [-0.3, -0.25) is 9.59 Å². The fourth-order valence-corrected chi connectivity index (χ4v) is 3.64. The monoisotopic (exact) mass is 428 g/mol. The van der Waals surface area contributed by atoms with Crippen LogP contribution in [0.15, 0.2) is 42.5 Å². The quantitative estimate of drug-likeness (QED) is 0.695. The third kappa shape index (κ3) is 5.96. The molecule has 3 rings (SSSR count). The van der Waals surface area contributed by atoms with Gasteiger partial charge in [0.25, 0.3) is 5.91 Å². The molecule has 0 aliphatic carbocycles. The molecule has 166 valence electrons. The van der Waals surface area contributed by atoms with Gasteiger partial charge in [0.1, 0.15) is 5.82 Å². The number of benzene rings is 2. The van der Waals surface area contributed by atoms with Crippen LogP contribution in [0.2, 0.25) is 0 Å². The third-order valence-corrected chi connectivity index (χ3v) is 5.33. The zero-order valence-corrected chi connectivity index (χ0v) is 18.0. The fraction of sp³-hybridized carbons (Fsp3) is 0.417. The van der Waals surface area contributed by atoms with E-state index in [1.807, 2.05) is 25.1 Å². The number of methoxy groups -OCH3 is 1. The van der Waals surface area contributed by atoms with E-state index in [1.165, 1.54) is 24.3 Å². The Morgan fingerprint density at radius 1 is 1.16 bits per heavy atom. The van der Waals surface area contributed by atoms with E-state index >= 15 is 0 Å². The van der Waals surface area contributed by atoms with Crippen molar-refractivity contribution in [2.24, 2.45) is 5.92 Å². The summed E-state index contributed by atoms with van der Waals surface area (Å²) in [4.78, 5) is 27.1. The van der Waals surface area contributed by atoms with Crippen molar-refractivity contribution >= 4 is 11.8 Å². The van der Waals surface area contributed by atoms with Crippen molar-refractivity contribution in [1.82, 2.24) is 10.2 Å². The number of rotatable bonds is 8. The summed E-state index contributed by atoms with van der Waals surface area (Å²) in [5.74, 6) is 0.406. The predicted molar refractivity (Wildman–Crippen MR) is 116 cm³/mol. The lowest BCUT2D eigenvalue weighted by atomic mass is 9.96. The molecule has 1 unspecified atom stereocenters. The lowest BCUT2D eigenvalue weighted by Gasteiger charge is -2.32. The molecule has 6 nitrogen and oxygen atoms in total. The van der Waals surface area contributed by atoms with Gasteiger partial charge in [-0.25, -0.2) is 4.39 Å². The highest BCUT2D eigenvalue weighted by Crippen LogP contribution is 2.28. The highest BCUT2D eigenvalue weighted by molar-refractivity contribution is 5.94. The molecule has 2 aromatic rings. The van der Waals surface area contributed by atoms with E-state index in [4.69, 9.17) is 9.47 Å². The Balaban J connectivity index is 1.56.